The lowest BCUT2D eigenvalue weighted by Gasteiger charge is -2.09. The molecule has 3 nitrogen and oxygen atoms in total. The zero-order valence-electron chi connectivity index (χ0n) is 11.8. The van der Waals surface area contributed by atoms with Crippen molar-refractivity contribution in [2.45, 2.75) is 33.0 Å². The predicted octanol–water partition coefficient (Wildman–Crippen LogP) is 3.81. The van der Waals surface area contributed by atoms with Crippen molar-refractivity contribution in [2.75, 3.05) is 0 Å². The number of pyridine rings is 1. The SMILES string of the molecule is CC(C)NCc1cccc(OCc2ccc(Cl)cc2)n1. The Morgan fingerprint density at radius 3 is 2.60 bits per heavy atom. The highest BCUT2D eigenvalue weighted by Gasteiger charge is 2.01. The van der Waals surface area contributed by atoms with Crippen LogP contribution in [-0.4, -0.2) is 11.0 Å². The van der Waals surface area contributed by atoms with Gasteiger partial charge >= 0.3 is 0 Å². The minimum Gasteiger partial charge on any atom is -0.473 e. The van der Waals surface area contributed by atoms with Gasteiger partial charge in [-0.1, -0.05) is 43.6 Å². The van der Waals surface area contributed by atoms with Crippen LogP contribution < -0.4 is 10.1 Å². The van der Waals surface area contributed by atoms with E-state index in [9.17, 15) is 0 Å². The first-order valence-electron chi connectivity index (χ1n) is 6.70. The number of halogens is 1. The quantitative estimate of drug-likeness (QED) is 0.878. The number of nitrogens with one attached hydrogen (secondary N) is 1. The molecular weight excluding hydrogens is 272 g/mol. The molecule has 0 saturated carbocycles. The molecule has 0 spiro atoms. The van der Waals surface area contributed by atoms with Crippen molar-refractivity contribution >= 4 is 11.6 Å². The van der Waals surface area contributed by atoms with E-state index in [1.54, 1.807) is 0 Å². The van der Waals surface area contributed by atoms with Gasteiger partial charge in [-0.25, -0.2) is 4.98 Å². The van der Waals surface area contributed by atoms with E-state index >= 15 is 0 Å². The molecule has 106 valence electrons. The number of hydrogen-bond acceptors (Lipinski definition) is 3. The van der Waals surface area contributed by atoms with Crippen molar-refractivity contribution < 1.29 is 4.74 Å². The topological polar surface area (TPSA) is 34.1 Å². The van der Waals surface area contributed by atoms with Crippen LogP contribution in [0, 0.1) is 0 Å². The molecule has 20 heavy (non-hydrogen) atoms. The minimum absolute atomic E-state index is 0.440. The van der Waals surface area contributed by atoms with Crippen LogP contribution in [0.15, 0.2) is 42.5 Å². The van der Waals surface area contributed by atoms with E-state index in [4.69, 9.17) is 16.3 Å². The van der Waals surface area contributed by atoms with Crippen molar-refractivity contribution in [2.24, 2.45) is 0 Å². The van der Waals surface area contributed by atoms with Gasteiger partial charge in [0.2, 0.25) is 5.88 Å². The van der Waals surface area contributed by atoms with E-state index in [0.29, 0.717) is 18.5 Å². The van der Waals surface area contributed by atoms with E-state index < -0.39 is 0 Å². The second kappa shape index (κ2) is 7.27. The van der Waals surface area contributed by atoms with Gasteiger partial charge in [0.1, 0.15) is 6.61 Å². The summed E-state index contributed by atoms with van der Waals surface area (Å²) >= 11 is 5.85. The normalized spacial score (nSPS) is 10.8. The fraction of sp³-hybridized carbons (Fsp3) is 0.312. The molecule has 0 fully saturated rings. The molecule has 1 heterocycles. The van der Waals surface area contributed by atoms with Crippen LogP contribution in [-0.2, 0) is 13.2 Å². The Balaban J connectivity index is 1.92. The number of nitrogens with zero attached hydrogens (tertiary/aromatic N) is 1. The van der Waals surface area contributed by atoms with E-state index in [1.807, 2.05) is 42.5 Å². The zero-order valence-corrected chi connectivity index (χ0v) is 12.5. The van der Waals surface area contributed by atoms with Crippen LogP contribution in [0.1, 0.15) is 25.1 Å². The van der Waals surface area contributed by atoms with Crippen molar-refractivity contribution in [3.8, 4) is 5.88 Å². The third-order valence-corrected chi connectivity index (χ3v) is 3.02. The fourth-order valence-corrected chi connectivity index (χ4v) is 1.81. The monoisotopic (exact) mass is 290 g/mol. The Morgan fingerprint density at radius 1 is 1.15 bits per heavy atom. The summed E-state index contributed by atoms with van der Waals surface area (Å²) in [4.78, 5) is 4.47. The number of hydrogen-bond donors (Lipinski definition) is 1. The summed E-state index contributed by atoms with van der Waals surface area (Å²) in [6.45, 7) is 5.46. The van der Waals surface area contributed by atoms with Gasteiger partial charge in [0, 0.05) is 23.7 Å². The average molecular weight is 291 g/mol. The molecule has 0 radical (unpaired) electrons. The third-order valence-electron chi connectivity index (χ3n) is 2.77. The molecule has 1 aromatic carbocycles. The highest BCUT2D eigenvalue weighted by molar-refractivity contribution is 6.30. The molecule has 2 aromatic rings. The summed E-state index contributed by atoms with van der Waals surface area (Å²) in [5, 5.41) is 4.07. The molecule has 0 unspecified atom stereocenters. The van der Waals surface area contributed by atoms with Crippen molar-refractivity contribution in [1.82, 2.24) is 10.3 Å². The smallest absolute Gasteiger partial charge is 0.213 e. The van der Waals surface area contributed by atoms with E-state index in [-0.39, 0.29) is 0 Å². The Hall–Kier alpha value is -1.58. The number of ether oxygens (including phenoxy) is 1. The molecule has 4 heteroatoms. The molecular formula is C16H19ClN2O. The summed E-state index contributed by atoms with van der Waals surface area (Å²) in [6.07, 6.45) is 0. The Kier molecular flexibility index (Phi) is 5.39. The third kappa shape index (κ3) is 4.83. The summed E-state index contributed by atoms with van der Waals surface area (Å²) in [7, 11) is 0. The van der Waals surface area contributed by atoms with Gasteiger partial charge in [0.25, 0.3) is 0 Å². The predicted molar refractivity (Wildman–Crippen MR) is 82.0 cm³/mol. The number of aromatic nitrogens is 1. The Bertz CT molecular complexity index is 540. The molecule has 0 aliphatic carbocycles. The van der Waals surface area contributed by atoms with Crippen LogP contribution in [0.2, 0.25) is 5.02 Å². The van der Waals surface area contributed by atoms with Crippen molar-refractivity contribution in [3.05, 3.63) is 58.7 Å². The summed E-state index contributed by atoms with van der Waals surface area (Å²) < 4.78 is 5.70. The molecule has 1 aromatic heterocycles. The first-order valence-corrected chi connectivity index (χ1v) is 7.08. The zero-order chi connectivity index (χ0) is 14.4. The first-order chi connectivity index (χ1) is 9.63. The van der Waals surface area contributed by atoms with Crippen LogP contribution in [0.5, 0.6) is 5.88 Å². The number of benzene rings is 1. The van der Waals surface area contributed by atoms with Gasteiger partial charge in [0.15, 0.2) is 0 Å². The second-order valence-corrected chi connectivity index (χ2v) is 5.35. The summed E-state index contributed by atoms with van der Waals surface area (Å²) in [5.41, 5.74) is 2.05. The largest absolute Gasteiger partial charge is 0.473 e. The lowest BCUT2D eigenvalue weighted by Crippen LogP contribution is -2.22. The van der Waals surface area contributed by atoms with E-state index in [0.717, 1.165) is 22.8 Å². The van der Waals surface area contributed by atoms with Gasteiger partial charge in [-0.2, -0.15) is 0 Å². The van der Waals surface area contributed by atoms with Gasteiger partial charge in [-0.3, -0.25) is 0 Å². The van der Waals surface area contributed by atoms with Gasteiger partial charge in [-0.15, -0.1) is 0 Å². The molecule has 0 bridgehead atoms. The molecule has 0 saturated heterocycles. The van der Waals surface area contributed by atoms with Gasteiger partial charge in [-0.05, 0) is 23.8 Å². The average Bonchev–Trinajstić information content (AvgIpc) is 2.45. The molecule has 0 atom stereocenters. The second-order valence-electron chi connectivity index (χ2n) is 4.92. The fourth-order valence-electron chi connectivity index (χ4n) is 1.68. The maximum absolute atomic E-state index is 5.85. The van der Waals surface area contributed by atoms with E-state index in [1.165, 1.54) is 0 Å². The van der Waals surface area contributed by atoms with Crippen LogP contribution in [0.25, 0.3) is 0 Å². The Labute approximate surface area is 124 Å². The highest BCUT2D eigenvalue weighted by Crippen LogP contribution is 2.13. The molecule has 2 rings (SSSR count). The molecule has 0 aliphatic rings. The minimum atomic E-state index is 0.440. The maximum atomic E-state index is 5.85. The Morgan fingerprint density at radius 2 is 1.90 bits per heavy atom. The number of rotatable bonds is 6. The molecule has 1 N–H and O–H groups in total. The van der Waals surface area contributed by atoms with Gasteiger partial charge < -0.3 is 10.1 Å². The van der Waals surface area contributed by atoms with Crippen LogP contribution in [0.4, 0.5) is 0 Å². The lowest BCUT2D eigenvalue weighted by molar-refractivity contribution is 0.292. The van der Waals surface area contributed by atoms with Crippen LogP contribution >= 0.6 is 11.6 Å². The highest BCUT2D eigenvalue weighted by atomic mass is 35.5. The summed E-state index contributed by atoms with van der Waals surface area (Å²) in [6, 6.07) is 13.9. The van der Waals surface area contributed by atoms with Crippen molar-refractivity contribution in [1.29, 1.82) is 0 Å². The summed E-state index contributed by atoms with van der Waals surface area (Å²) in [5.74, 6) is 0.642. The molecule has 0 aliphatic heterocycles. The standard InChI is InChI=1S/C16H19ClN2O/c1-12(2)18-10-15-4-3-5-16(19-15)20-11-13-6-8-14(17)9-7-13/h3-9,12,18H,10-11H2,1-2H3. The van der Waals surface area contributed by atoms with Crippen LogP contribution in [0.3, 0.4) is 0 Å². The maximum Gasteiger partial charge on any atom is 0.213 e. The first kappa shape index (κ1) is 14.8. The van der Waals surface area contributed by atoms with Crippen molar-refractivity contribution in [3.63, 3.8) is 0 Å². The van der Waals surface area contributed by atoms with E-state index in [2.05, 4.69) is 24.1 Å². The molecule has 0 amide bonds. The van der Waals surface area contributed by atoms with Gasteiger partial charge in [0.05, 0.1) is 5.69 Å². The lowest BCUT2D eigenvalue weighted by atomic mass is 10.2.